The summed E-state index contributed by atoms with van der Waals surface area (Å²) >= 11 is 5.43. The van der Waals surface area contributed by atoms with Crippen LogP contribution in [0.4, 0.5) is 10.1 Å². The lowest BCUT2D eigenvalue weighted by Crippen LogP contribution is -2.46. The number of hydrogen-bond acceptors (Lipinski definition) is 4. The molecule has 1 aliphatic heterocycles. The first-order chi connectivity index (χ1) is 15.2. The molecule has 2 aromatic rings. The average molecular weight is 456 g/mol. The maximum atomic E-state index is 14.0. The molecule has 0 saturated heterocycles. The van der Waals surface area contributed by atoms with Crippen molar-refractivity contribution in [2.75, 3.05) is 19.0 Å². The van der Waals surface area contributed by atoms with Crippen LogP contribution in [-0.2, 0) is 9.53 Å². The van der Waals surface area contributed by atoms with Gasteiger partial charge in [0.05, 0.1) is 23.8 Å². The summed E-state index contributed by atoms with van der Waals surface area (Å²) in [5.74, 6) is -1.39. The Morgan fingerprint density at radius 2 is 1.94 bits per heavy atom. The number of ether oxygens (including phenoxy) is 1. The van der Waals surface area contributed by atoms with E-state index >= 15 is 0 Å². The van der Waals surface area contributed by atoms with Gasteiger partial charge in [0.15, 0.2) is 5.11 Å². The molecular formula is C24H26FN3O3S. The fourth-order valence-electron chi connectivity index (χ4n) is 3.31. The molecule has 0 bridgehead atoms. The molecule has 2 aromatic carbocycles. The van der Waals surface area contributed by atoms with Gasteiger partial charge < -0.3 is 20.3 Å². The second-order valence-corrected chi connectivity index (χ2v) is 8.38. The summed E-state index contributed by atoms with van der Waals surface area (Å²) in [4.78, 5) is 27.2. The molecule has 0 aromatic heterocycles. The summed E-state index contributed by atoms with van der Waals surface area (Å²) in [6.45, 7) is 6.05. The lowest BCUT2D eigenvalue weighted by Gasteiger charge is -2.35. The maximum Gasteiger partial charge on any atom is 0.338 e. The van der Waals surface area contributed by atoms with Gasteiger partial charge in [0.2, 0.25) is 0 Å². The minimum absolute atomic E-state index is 0.0508. The van der Waals surface area contributed by atoms with Crippen molar-refractivity contribution in [3.05, 3.63) is 76.7 Å². The van der Waals surface area contributed by atoms with Gasteiger partial charge >= 0.3 is 5.97 Å². The number of esters is 1. The van der Waals surface area contributed by atoms with Gasteiger partial charge in [-0.3, -0.25) is 4.79 Å². The number of carbonyl (C=O) groups excluding carboxylic acids is 2. The Morgan fingerprint density at radius 3 is 2.62 bits per heavy atom. The van der Waals surface area contributed by atoms with Crippen molar-refractivity contribution in [2.45, 2.75) is 26.8 Å². The van der Waals surface area contributed by atoms with Gasteiger partial charge in [0, 0.05) is 18.4 Å². The van der Waals surface area contributed by atoms with E-state index in [1.165, 1.54) is 18.2 Å². The van der Waals surface area contributed by atoms with Crippen LogP contribution in [-0.4, -0.2) is 35.5 Å². The molecule has 1 unspecified atom stereocenters. The molecule has 8 heteroatoms. The Kier molecular flexibility index (Phi) is 7.25. The van der Waals surface area contributed by atoms with E-state index in [1.807, 2.05) is 26.8 Å². The molecule has 168 valence electrons. The minimum atomic E-state index is -0.600. The van der Waals surface area contributed by atoms with E-state index in [1.54, 1.807) is 36.2 Å². The van der Waals surface area contributed by atoms with Crippen LogP contribution in [0.2, 0.25) is 0 Å². The molecule has 1 amide bonds. The van der Waals surface area contributed by atoms with Crippen molar-refractivity contribution < 1.29 is 18.7 Å². The third-order valence-corrected chi connectivity index (χ3v) is 5.51. The second kappa shape index (κ2) is 9.91. The number of hydrogen-bond donors (Lipinski definition) is 2. The molecule has 0 saturated carbocycles. The normalized spacial score (nSPS) is 16.1. The molecule has 32 heavy (non-hydrogen) atoms. The van der Waals surface area contributed by atoms with Crippen LogP contribution in [0.1, 0.15) is 42.7 Å². The SMILES string of the molecule is CC1=C(C(=O)OCC(C)C)C(c2cccc(NC(=O)c3ccccc3F)c2)NC(=S)N1C. The van der Waals surface area contributed by atoms with Crippen LogP contribution in [0.5, 0.6) is 0 Å². The molecule has 0 spiro atoms. The lowest BCUT2D eigenvalue weighted by molar-refractivity contribution is -0.140. The van der Waals surface area contributed by atoms with Gasteiger partial charge in [0.25, 0.3) is 5.91 Å². The average Bonchev–Trinajstić information content (AvgIpc) is 2.76. The smallest absolute Gasteiger partial charge is 0.338 e. The minimum Gasteiger partial charge on any atom is -0.462 e. The van der Waals surface area contributed by atoms with E-state index in [9.17, 15) is 14.0 Å². The van der Waals surface area contributed by atoms with E-state index in [0.29, 0.717) is 34.2 Å². The van der Waals surface area contributed by atoms with Crippen molar-refractivity contribution in [2.24, 2.45) is 5.92 Å². The van der Waals surface area contributed by atoms with Crippen molar-refractivity contribution >= 4 is 34.9 Å². The van der Waals surface area contributed by atoms with Crippen LogP contribution < -0.4 is 10.6 Å². The number of amides is 1. The highest BCUT2D eigenvalue weighted by molar-refractivity contribution is 7.80. The Balaban J connectivity index is 1.91. The number of carbonyl (C=O) groups is 2. The largest absolute Gasteiger partial charge is 0.462 e. The molecule has 2 N–H and O–H groups in total. The first kappa shape index (κ1) is 23.4. The molecule has 1 aliphatic rings. The zero-order chi connectivity index (χ0) is 23.4. The van der Waals surface area contributed by atoms with Crippen LogP contribution in [0.25, 0.3) is 0 Å². The monoisotopic (exact) mass is 455 g/mol. The molecule has 0 fully saturated rings. The number of anilines is 1. The van der Waals surface area contributed by atoms with E-state index in [-0.39, 0.29) is 11.5 Å². The fraction of sp³-hybridized carbons (Fsp3) is 0.292. The van der Waals surface area contributed by atoms with E-state index in [2.05, 4.69) is 10.6 Å². The predicted molar refractivity (Wildman–Crippen MR) is 126 cm³/mol. The highest BCUT2D eigenvalue weighted by atomic mass is 32.1. The van der Waals surface area contributed by atoms with Crippen molar-refractivity contribution in [3.63, 3.8) is 0 Å². The third kappa shape index (κ3) is 5.13. The summed E-state index contributed by atoms with van der Waals surface area (Å²) in [7, 11) is 1.78. The number of rotatable bonds is 6. The Morgan fingerprint density at radius 1 is 1.22 bits per heavy atom. The van der Waals surface area contributed by atoms with Crippen molar-refractivity contribution in [3.8, 4) is 0 Å². The van der Waals surface area contributed by atoms with E-state index < -0.39 is 23.7 Å². The van der Waals surface area contributed by atoms with E-state index in [0.717, 1.165) is 0 Å². The number of halogens is 1. The molecule has 6 nitrogen and oxygen atoms in total. The van der Waals surface area contributed by atoms with Crippen molar-refractivity contribution in [1.82, 2.24) is 10.2 Å². The van der Waals surface area contributed by atoms with Gasteiger partial charge in [-0.05, 0) is 54.9 Å². The van der Waals surface area contributed by atoms with Crippen LogP contribution >= 0.6 is 12.2 Å². The van der Waals surface area contributed by atoms with Crippen LogP contribution in [0.3, 0.4) is 0 Å². The number of nitrogens with zero attached hydrogens (tertiary/aromatic N) is 1. The Bertz CT molecular complexity index is 1080. The standard InChI is InChI=1S/C24H26FN3O3S/c1-14(2)13-31-23(30)20-15(3)28(4)24(32)27-21(20)16-8-7-9-17(12-16)26-22(29)18-10-5-6-11-19(18)25/h5-12,14,21H,13H2,1-4H3,(H,26,29)(H,27,32). The second-order valence-electron chi connectivity index (χ2n) is 7.99. The fourth-order valence-corrected chi connectivity index (χ4v) is 3.56. The third-order valence-electron chi connectivity index (χ3n) is 5.12. The van der Waals surface area contributed by atoms with E-state index in [4.69, 9.17) is 17.0 Å². The summed E-state index contributed by atoms with van der Waals surface area (Å²) in [6, 6.07) is 12.2. The summed E-state index contributed by atoms with van der Waals surface area (Å²) in [6.07, 6.45) is 0. The summed E-state index contributed by atoms with van der Waals surface area (Å²) in [5, 5.41) is 6.36. The van der Waals surface area contributed by atoms with Gasteiger partial charge in [-0.15, -0.1) is 0 Å². The highest BCUT2D eigenvalue weighted by Gasteiger charge is 2.33. The Hall–Kier alpha value is -3.26. The van der Waals surface area contributed by atoms with Gasteiger partial charge in [0.1, 0.15) is 5.82 Å². The lowest BCUT2D eigenvalue weighted by atomic mass is 9.94. The number of nitrogens with one attached hydrogen (secondary N) is 2. The van der Waals surface area contributed by atoms with Crippen LogP contribution in [0.15, 0.2) is 59.8 Å². The van der Waals surface area contributed by atoms with Crippen molar-refractivity contribution in [1.29, 1.82) is 0 Å². The molecule has 3 rings (SSSR count). The predicted octanol–water partition coefficient (Wildman–Crippen LogP) is 4.41. The number of allylic oxidation sites excluding steroid dienone is 1. The topological polar surface area (TPSA) is 70.7 Å². The van der Waals surface area contributed by atoms with Gasteiger partial charge in [-0.2, -0.15) is 0 Å². The first-order valence-electron chi connectivity index (χ1n) is 10.3. The van der Waals surface area contributed by atoms with Crippen LogP contribution in [0, 0.1) is 11.7 Å². The number of thiocarbonyl (C=S) groups is 1. The zero-order valence-electron chi connectivity index (χ0n) is 18.4. The van der Waals surface area contributed by atoms with Gasteiger partial charge in [-0.25, -0.2) is 9.18 Å². The molecule has 1 atom stereocenters. The molecule has 1 heterocycles. The zero-order valence-corrected chi connectivity index (χ0v) is 19.3. The van der Waals surface area contributed by atoms with Gasteiger partial charge in [-0.1, -0.05) is 38.1 Å². The summed E-state index contributed by atoms with van der Waals surface area (Å²) in [5.41, 5.74) is 2.26. The molecular weight excluding hydrogens is 429 g/mol. The highest BCUT2D eigenvalue weighted by Crippen LogP contribution is 2.32. The molecule has 0 radical (unpaired) electrons. The quantitative estimate of drug-likeness (QED) is 0.497. The summed E-state index contributed by atoms with van der Waals surface area (Å²) < 4.78 is 19.5. The first-order valence-corrected chi connectivity index (χ1v) is 10.7. The molecule has 0 aliphatic carbocycles. The maximum absolute atomic E-state index is 14.0. The Labute approximate surface area is 192 Å². The number of benzene rings is 2.